The molecule has 0 bridgehead atoms. The predicted molar refractivity (Wildman–Crippen MR) is 86.8 cm³/mol. The number of pyridine rings is 1. The largest absolute Gasteiger partial charge is 0.289 e. The fraction of sp³-hybridized carbons (Fsp3) is 0. The third-order valence-electron chi connectivity index (χ3n) is 4.34. The van der Waals surface area contributed by atoms with Crippen LogP contribution < -0.4 is 0 Å². The highest BCUT2D eigenvalue weighted by atomic mass is 16.2. The molecule has 1 aliphatic rings. The van der Waals surface area contributed by atoms with Crippen LogP contribution in [-0.2, 0) is 0 Å². The van der Waals surface area contributed by atoms with E-state index in [4.69, 9.17) is 0 Å². The molecule has 108 valence electrons. The van der Waals surface area contributed by atoms with Gasteiger partial charge in [-0.2, -0.15) is 0 Å². The second-order valence-corrected chi connectivity index (χ2v) is 5.60. The number of imidazole rings is 1. The highest BCUT2D eigenvalue weighted by Crippen LogP contribution is 2.34. The Morgan fingerprint density at radius 2 is 1.48 bits per heavy atom. The van der Waals surface area contributed by atoms with Crippen LogP contribution in [0.25, 0.3) is 27.8 Å². The molecule has 4 aromatic rings. The van der Waals surface area contributed by atoms with E-state index < -0.39 is 11.6 Å². The van der Waals surface area contributed by atoms with E-state index in [-0.39, 0.29) is 0 Å². The molecule has 0 amide bonds. The smallest absolute Gasteiger partial charge is 0.252 e. The molecule has 23 heavy (non-hydrogen) atoms. The maximum atomic E-state index is 12.7. The van der Waals surface area contributed by atoms with Crippen molar-refractivity contribution in [2.45, 2.75) is 0 Å². The molecule has 1 aliphatic carbocycles. The second kappa shape index (κ2) is 4.14. The number of carbonyl (C=O) groups excluding carboxylic acids is 2. The Kier molecular flexibility index (Phi) is 2.21. The summed E-state index contributed by atoms with van der Waals surface area (Å²) in [4.78, 5) is 29.8. The van der Waals surface area contributed by atoms with Gasteiger partial charge in [0.05, 0.1) is 5.52 Å². The van der Waals surface area contributed by atoms with E-state index >= 15 is 0 Å². The summed E-state index contributed by atoms with van der Waals surface area (Å²) >= 11 is 0. The first-order valence-electron chi connectivity index (χ1n) is 7.34. The van der Waals surface area contributed by atoms with E-state index in [2.05, 4.69) is 4.98 Å². The number of carbonyl (C=O) groups is 2. The van der Waals surface area contributed by atoms with Gasteiger partial charge in [0.25, 0.3) is 5.78 Å². The Bertz CT molecular complexity index is 1150. The fourth-order valence-electron chi connectivity index (χ4n) is 3.30. The lowest BCUT2D eigenvalue weighted by Crippen LogP contribution is -2.22. The van der Waals surface area contributed by atoms with Gasteiger partial charge in [-0.15, -0.1) is 0 Å². The first-order chi connectivity index (χ1) is 11.3. The van der Waals surface area contributed by atoms with E-state index in [1.54, 1.807) is 16.5 Å². The molecule has 0 unspecified atom stereocenters. The van der Waals surface area contributed by atoms with Gasteiger partial charge in [0.2, 0.25) is 5.78 Å². The lowest BCUT2D eigenvalue weighted by molar-refractivity contribution is 0.0812. The molecular formula is C19H10N2O2. The van der Waals surface area contributed by atoms with Crippen LogP contribution in [0.2, 0.25) is 0 Å². The lowest BCUT2D eigenvalue weighted by atomic mass is 9.90. The van der Waals surface area contributed by atoms with Crippen LogP contribution in [0.5, 0.6) is 0 Å². The molecule has 0 atom stereocenters. The van der Waals surface area contributed by atoms with Crippen molar-refractivity contribution in [3.8, 4) is 11.3 Å². The first kappa shape index (κ1) is 12.3. The zero-order valence-corrected chi connectivity index (χ0v) is 12.0. The van der Waals surface area contributed by atoms with Gasteiger partial charge >= 0.3 is 0 Å². The van der Waals surface area contributed by atoms with Crippen LogP contribution in [-0.4, -0.2) is 21.0 Å². The van der Waals surface area contributed by atoms with Gasteiger partial charge in [-0.3, -0.25) is 14.0 Å². The summed E-state index contributed by atoms with van der Waals surface area (Å²) in [6.07, 6.45) is 0. The fourth-order valence-corrected chi connectivity index (χ4v) is 3.30. The normalized spacial score (nSPS) is 13.4. The molecule has 4 nitrogen and oxygen atoms in total. The zero-order valence-electron chi connectivity index (χ0n) is 12.0. The quantitative estimate of drug-likeness (QED) is 0.467. The molecular weight excluding hydrogens is 288 g/mol. The molecule has 0 saturated carbocycles. The molecule has 2 aromatic heterocycles. The molecule has 0 radical (unpaired) electrons. The van der Waals surface area contributed by atoms with Crippen LogP contribution >= 0.6 is 0 Å². The van der Waals surface area contributed by atoms with E-state index in [1.165, 1.54) is 0 Å². The molecule has 2 aromatic carbocycles. The first-order valence-corrected chi connectivity index (χ1v) is 7.34. The van der Waals surface area contributed by atoms with E-state index in [0.717, 1.165) is 16.5 Å². The van der Waals surface area contributed by atoms with Crippen molar-refractivity contribution >= 4 is 28.1 Å². The SMILES string of the molecule is O=C1C(=O)c2c(nc3ccc4ccccc4n23)-c2ccccc21. The van der Waals surface area contributed by atoms with E-state index in [1.807, 2.05) is 48.5 Å². The summed E-state index contributed by atoms with van der Waals surface area (Å²) in [5.41, 5.74) is 3.64. The van der Waals surface area contributed by atoms with Gasteiger partial charge in [-0.25, -0.2) is 4.98 Å². The van der Waals surface area contributed by atoms with Gasteiger partial charge in [-0.05, 0) is 23.6 Å². The summed E-state index contributed by atoms with van der Waals surface area (Å²) in [5.74, 6) is -0.967. The molecule has 0 saturated heterocycles. The molecule has 2 heterocycles. The highest BCUT2D eigenvalue weighted by molar-refractivity contribution is 6.52. The van der Waals surface area contributed by atoms with Gasteiger partial charge in [0.15, 0.2) is 0 Å². The Balaban J connectivity index is 2.02. The molecule has 5 rings (SSSR count). The number of aromatic nitrogens is 2. The number of Topliss-reactive ketones (excluding diaryl/α,β-unsaturated/α-hetero) is 2. The van der Waals surface area contributed by atoms with Gasteiger partial charge in [0, 0.05) is 11.1 Å². The van der Waals surface area contributed by atoms with Crippen LogP contribution in [0.3, 0.4) is 0 Å². The number of rotatable bonds is 0. The topological polar surface area (TPSA) is 51.4 Å². The van der Waals surface area contributed by atoms with E-state index in [9.17, 15) is 9.59 Å². The number of fused-ring (bicyclic) bond motifs is 7. The standard InChI is InChI=1S/C19H10N2O2/c22-18-13-7-3-2-6-12(13)16-17(19(18)23)21-14-8-4-1-5-11(14)9-10-15(21)20-16/h1-10H. The van der Waals surface area contributed by atoms with Crippen LogP contribution in [0.4, 0.5) is 0 Å². The maximum absolute atomic E-state index is 12.7. The minimum absolute atomic E-state index is 0.362. The third kappa shape index (κ3) is 1.47. The number of para-hydroxylation sites is 1. The second-order valence-electron chi connectivity index (χ2n) is 5.60. The minimum atomic E-state index is -0.498. The van der Waals surface area contributed by atoms with Crippen LogP contribution in [0.15, 0.2) is 60.7 Å². The van der Waals surface area contributed by atoms with Crippen molar-refractivity contribution in [2.24, 2.45) is 0 Å². The van der Waals surface area contributed by atoms with Crippen molar-refractivity contribution in [1.29, 1.82) is 0 Å². The Morgan fingerprint density at radius 1 is 0.739 bits per heavy atom. The average molecular weight is 298 g/mol. The summed E-state index contributed by atoms with van der Waals surface area (Å²) in [5, 5.41) is 0.999. The molecule has 0 fully saturated rings. The van der Waals surface area contributed by atoms with Crippen molar-refractivity contribution in [2.75, 3.05) is 0 Å². The summed E-state index contributed by atoms with van der Waals surface area (Å²) in [6, 6.07) is 18.8. The van der Waals surface area contributed by atoms with Crippen LogP contribution in [0, 0.1) is 0 Å². The number of nitrogens with zero attached hydrogens (tertiary/aromatic N) is 2. The maximum Gasteiger partial charge on any atom is 0.252 e. The monoisotopic (exact) mass is 298 g/mol. The van der Waals surface area contributed by atoms with Crippen LogP contribution in [0.1, 0.15) is 20.8 Å². The summed E-state index contributed by atoms with van der Waals surface area (Å²) in [7, 11) is 0. The molecule has 4 heteroatoms. The predicted octanol–water partition coefficient (Wildman–Crippen LogP) is 3.53. The highest BCUT2D eigenvalue weighted by Gasteiger charge is 2.34. The van der Waals surface area contributed by atoms with Gasteiger partial charge < -0.3 is 0 Å². The van der Waals surface area contributed by atoms with Crippen molar-refractivity contribution in [3.63, 3.8) is 0 Å². The minimum Gasteiger partial charge on any atom is -0.289 e. The van der Waals surface area contributed by atoms with Crippen molar-refractivity contribution in [1.82, 2.24) is 9.38 Å². The lowest BCUT2D eigenvalue weighted by Gasteiger charge is -2.14. The van der Waals surface area contributed by atoms with Crippen molar-refractivity contribution < 1.29 is 9.59 Å². The molecule has 0 N–H and O–H groups in total. The number of ketones is 2. The summed E-state index contributed by atoms with van der Waals surface area (Å²) < 4.78 is 1.79. The Morgan fingerprint density at radius 3 is 2.35 bits per heavy atom. The number of benzene rings is 2. The zero-order chi connectivity index (χ0) is 15.6. The molecule has 0 aliphatic heterocycles. The summed E-state index contributed by atoms with van der Waals surface area (Å²) in [6.45, 7) is 0. The average Bonchev–Trinajstić information content (AvgIpc) is 3.00. The van der Waals surface area contributed by atoms with Gasteiger partial charge in [-0.1, -0.05) is 42.5 Å². The number of hydrogen-bond acceptors (Lipinski definition) is 3. The van der Waals surface area contributed by atoms with Gasteiger partial charge in [0.1, 0.15) is 17.0 Å². The van der Waals surface area contributed by atoms with Crippen molar-refractivity contribution in [3.05, 3.63) is 71.9 Å². The molecule has 0 spiro atoms. The Labute approximate surface area is 131 Å². The third-order valence-corrected chi connectivity index (χ3v) is 4.34. The Hall–Kier alpha value is -3.27. The number of hydrogen-bond donors (Lipinski definition) is 0. The van der Waals surface area contributed by atoms with E-state index in [0.29, 0.717) is 22.6 Å².